The molecule has 1 heterocycles. The lowest BCUT2D eigenvalue weighted by molar-refractivity contribution is -0.137. The van der Waals surface area contributed by atoms with Crippen LogP contribution in [0.1, 0.15) is 36.5 Å². The molecule has 0 amide bonds. The molecule has 3 N–H and O–H groups in total. The molecule has 2 aromatic carbocycles. The van der Waals surface area contributed by atoms with E-state index in [1.807, 2.05) is 6.07 Å². The first kappa shape index (κ1) is 32.6. The van der Waals surface area contributed by atoms with E-state index in [0.717, 1.165) is 43.8 Å². The first-order valence-corrected chi connectivity index (χ1v) is 13.5. The third kappa shape index (κ3) is 11.6. The smallest absolute Gasteiger partial charge is 0.330 e. The summed E-state index contributed by atoms with van der Waals surface area (Å²) in [6.45, 7) is 5.30. The van der Waals surface area contributed by atoms with Gasteiger partial charge in [0.05, 0.1) is 13.2 Å². The number of carbonyl (C=O) groups is 3. The number of unbranched alkanes of at least 4 members (excludes halogenated alkanes) is 1. The van der Waals surface area contributed by atoms with Crippen LogP contribution in [0, 0.1) is 0 Å². The molecule has 0 saturated heterocycles. The van der Waals surface area contributed by atoms with Crippen LogP contribution in [0.2, 0.25) is 5.02 Å². The monoisotopic (exact) mass is 572 g/mol. The van der Waals surface area contributed by atoms with Crippen molar-refractivity contribution >= 4 is 40.9 Å². The number of rotatable bonds is 13. The lowest BCUT2D eigenvalue weighted by atomic mass is 10.0. The van der Waals surface area contributed by atoms with Crippen LogP contribution in [0.15, 0.2) is 60.7 Å². The van der Waals surface area contributed by atoms with E-state index < -0.39 is 11.9 Å². The summed E-state index contributed by atoms with van der Waals surface area (Å²) in [6.07, 6.45) is 8.48. The van der Waals surface area contributed by atoms with Gasteiger partial charge in [0.2, 0.25) is 0 Å². The van der Waals surface area contributed by atoms with Crippen LogP contribution in [0.5, 0.6) is 0 Å². The largest absolute Gasteiger partial charge is 0.478 e. The average Bonchev–Trinajstić information content (AvgIpc) is 3.06. The minimum Gasteiger partial charge on any atom is -0.478 e. The quantitative estimate of drug-likeness (QED) is 0.174. The van der Waals surface area contributed by atoms with E-state index in [-0.39, 0.29) is 5.97 Å². The zero-order valence-corrected chi connectivity index (χ0v) is 23.7. The molecular formula is C30H37ClN2O7. The molecule has 40 heavy (non-hydrogen) atoms. The van der Waals surface area contributed by atoms with Gasteiger partial charge in [-0.3, -0.25) is 0 Å². The Balaban J connectivity index is 0.000000611. The van der Waals surface area contributed by atoms with Gasteiger partial charge in [-0.1, -0.05) is 35.9 Å². The van der Waals surface area contributed by atoms with Crippen LogP contribution in [0.3, 0.4) is 0 Å². The summed E-state index contributed by atoms with van der Waals surface area (Å²) in [6, 6.07) is 12.9. The van der Waals surface area contributed by atoms with Crippen molar-refractivity contribution in [2.24, 2.45) is 0 Å². The Labute approximate surface area is 240 Å². The van der Waals surface area contributed by atoms with E-state index in [9.17, 15) is 14.4 Å². The van der Waals surface area contributed by atoms with Gasteiger partial charge in [-0.15, -0.1) is 0 Å². The Morgan fingerprint density at radius 1 is 0.975 bits per heavy atom. The number of nitrogens with one attached hydrogen (secondary N) is 1. The number of carbonyl (C=O) groups excluding carboxylic acids is 1. The summed E-state index contributed by atoms with van der Waals surface area (Å²) in [5, 5.41) is 19.7. The molecule has 1 aliphatic rings. The zero-order chi connectivity index (χ0) is 29.3. The van der Waals surface area contributed by atoms with Gasteiger partial charge < -0.3 is 29.9 Å². The molecular weight excluding hydrogens is 536 g/mol. The highest BCUT2D eigenvalue weighted by Crippen LogP contribution is 2.38. The predicted octanol–water partition coefficient (Wildman–Crippen LogP) is 4.92. The number of hydrogen-bond acceptors (Lipinski definition) is 7. The van der Waals surface area contributed by atoms with Gasteiger partial charge >= 0.3 is 17.9 Å². The zero-order valence-electron chi connectivity index (χ0n) is 22.9. The van der Waals surface area contributed by atoms with Crippen LogP contribution in [0.4, 0.5) is 11.4 Å². The average molecular weight is 573 g/mol. The lowest BCUT2D eigenvalue weighted by Gasteiger charge is -2.27. The predicted molar refractivity (Wildman–Crippen MR) is 155 cm³/mol. The maximum absolute atomic E-state index is 11.3. The van der Waals surface area contributed by atoms with E-state index in [0.29, 0.717) is 31.9 Å². The van der Waals surface area contributed by atoms with Crippen molar-refractivity contribution in [3.63, 3.8) is 0 Å². The number of ether oxygens (including phenoxy) is 2. The second-order valence-corrected chi connectivity index (χ2v) is 9.33. The number of methoxy groups -OCH3 is 1. The number of halogens is 1. The summed E-state index contributed by atoms with van der Waals surface area (Å²) in [5.41, 5.74) is 6.36. The van der Waals surface area contributed by atoms with Crippen LogP contribution in [0.25, 0.3) is 0 Å². The van der Waals surface area contributed by atoms with Crippen LogP contribution >= 0.6 is 11.6 Å². The van der Waals surface area contributed by atoms with Crippen molar-refractivity contribution in [3.05, 3.63) is 82.4 Å². The Bertz CT molecular complexity index is 1180. The Morgan fingerprint density at radius 2 is 1.70 bits per heavy atom. The minimum absolute atomic E-state index is 0.292. The SMILES string of the molecule is CCOC(=O)/C=C/CNCCCCN1c2ccc(COC)cc2CCc2ccc(Cl)cc21.O=C(O)/C=C\C(=O)O. The van der Waals surface area contributed by atoms with Gasteiger partial charge in [0.15, 0.2) is 0 Å². The third-order valence-corrected chi connectivity index (χ3v) is 6.14. The molecule has 0 atom stereocenters. The second kappa shape index (κ2) is 17.8. The highest BCUT2D eigenvalue weighted by atomic mass is 35.5. The summed E-state index contributed by atoms with van der Waals surface area (Å²) >= 11 is 6.37. The van der Waals surface area contributed by atoms with Crippen molar-refractivity contribution in [3.8, 4) is 0 Å². The molecule has 10 heteroatoms. The topological polar surface area (TPSA) is 125 Å². The molecule has 0 spiro atoms. The third-order valence-electron chi connectivity index (χ3n) is 5.90. The fourth-order valence-electron chi connectivity index (χ4n) is 4.19. The normalized spacial score (nSPS) is 12.3. The maximum Gasteiger partial charge on any atom is 0.330 e. The fraction of sp³-hybridized carbons (Fsp3) is 0.367. The maximum atomic E-state index is 11.3. The Hall–Kier alpha value is -3.66. The van der Waals surface area contributed by atoms with Crippen LogP contribution in [-0.4, -0.2) is 61.5 Å². The number of aliphatic carboxylic acids is 2. The molecule has 2 aromatic rings. The van der Waals surface area contributed by atoms with E-state index in [1.54, 1.807) is 20.1 Å². The molecule has 0 radical (unpaired) electrons. The number of hydrogen-bond donors (Lipinski definition) is 3. The second-order valence-electron chi connectivity index (χ2n) is 8.90. The van der Waals surface area contributed by atoms with Gasteiger partial charge in [-0.25, -0.2) is 14.4 Å². The molecule has 9 nitrogen and oxygen atoms in total. The van der Waals surface area contributed by atoms with Gasteiger partial charge in [-0.05, 0) is 74.0 Å². The van der Waals surface area contributed by atoms with Crippen LogP contribution < -0.4 is 10.2 Å². The number of carboxylic acid groups (broad SMARTS) is 2. The molecule has 0 fully saturated rings. The number of aryl methyl sites for hydroxylation is 2. The molecule has 3 rings (SSSR count). The fourth-order valence-corrected chi connectivity index (χ4v) is 4.36. The number of fused-ring (bicyclic) bond motifs is 2. The van der Waals surface area contributed by atoms with E-state index in [1.165, 1.54) is 34.1 Å². The lowest BCUT2D eigenvalue weighted by Crippen LogP contribution is -2.22. The summed E-state index contributed by atoms with van der Waals surface area (Å²) in [5.74, 6) is -2.81. The number of esters is 1. The van der Waals surface area contributed by atoms with Crippen LogP contribution in [-0.2, 0) is 43.3 Å². The summed E-state index contributed by atoms with van der Waals surface area (Å²) in [7, 11) is 1.73. The van der Waals surface area contributed by atoms with E-state index in [4.69, 9.17) is 31.3 Å². The molecule has 0 aromatic heterocycles. The summed E-state index contributed by atoms with van der Waals surface area (Å²) < 4.78 is 10.2. The molecule has 1 aliphatic heterocycles. The van der Waals surface area contributed by atoms with Gasteiger partial charge in [-0.2, -0.15) is 0 Å². The van der Waals surface area contributed by atoms with E-state index in [2.05, 4.69) is 40.5 Å². The molecule has 0 unspecified atom stereocenters. The number of nitrogens with zero attached hydrogens (tertiary/aromatic N) is 1. The first-order chi connectivity index (χ1) is 19.2. The molecule has 216 valence electrons. The number of benzene rings is 2. The standard InChI is InChI=1S/C26H33ClN2O3.C4H4O4/c1-3-32-26(30)7-6-15-28-14-4-5-16-29-24-13-8-20(19-31-2)17-22(24)10-9-21-11-12-23(27)18-25(21)29;5-3(6)1-2-4(7)8/h6-8,11-13,17-18,28H,3-5,9-10,14-16,19H2,1-2H3;1-2H,(H,5,6)(H,7,8)/b7-6+;2-1-. The Morgan fingerprint density at radius 3 is 2.38 bits per heavy atom. The van der Waals surface area contributed by atoms with Crippen molar-refractivity contribution in [1.29, 1.82) is 0 Å². The van der Waals surface area contributed by atoms with Crippen molar-refractivity contribution in [1.82, 2.24) is 5.32 Å². The minimum atomic E-state index is -1.26. The first-order valence-electron chi connectivity index (χ1n) is 13.1. The highest BCUT2D eigenvalue weighted by molar-refractivity contribution is 6.30. The van der Waals surface area contributed by atoms with Crippen molar-refractivity contribution < 1.29 is 34.1 Å². The van der Waals surface area contributed by atoms with Gasteiger partial charge in [0, 0.05) is 54.8 Å². The molecule has 0 saturated carbocycles. The number of carboxylic acids is 2. The molecule has 0 bridgehead atoms. The van der Waals surface area contributed by atoms with Crippen molar-refractivity contribution in [2.45, 2.75) is 39.2 Å². The van der Waals surface area contributed by atoms with Crippen molar-refractivity contribution in [2.75, 3.05) is 38.3 Å². The summed E-state index contributed by atoms with van der Waals surface area (Å²) in [4.78, 5) is 32.8. The highest BCUT2D eigenvalue weighted by Gasteiger charge is 2.21. The van der Waals surface area contributed by atoms with Gasteiger partial charge in [0.25, 0.3) is 0 Å². The van der Waals surface area contributed by atoms with Gasteiger partial charge in [0.1, 0.15) is 0 Å². The Kier molecular flexibility index (Phi) is 14.5. The van der Waals surface area contributed by atoms with E-state index >= 15 is 0 Å². The number of anilines is 2. The molecule has 0 aliphatic carbocycles.